The molecule has 2 aliphatic carbocycles. The van der Waals surface area contributed by atoms with E-state index >= 15 is 0 Å². The third-order valence-corrected chi connectivity index (χ3v) is 8.50. The smallest absolute Gasteiger partial charge is 0.303 e. The molecule has 1 saturated heterocycles. The van der Waals surface area contributed by atoms with Crippen LogP contribution in [-0.4, -0.2) is 60.4 Å². The number of ether oxygens (including phenoxy) is 1. The summed E-state index contributed by atoms with van der Waals surface area (Å²) < 4.78 is 33.0. The van der Waals surface area contributed by atoms with Gasteiger partial charge in [0.15, 0.2) is 0 Å². The molecule has 0 spiro atoms. The first-order valence-corrected chi connectivity index (χ1v) is 12.6. The highest BCUT2D eigenvalue weighted by Gasteiger charge is 2.52. The lowest BCUT2D eigenvalue weighted by Gasteiger charge is -2.53. The molecular formula is C27H38F2N2O3. The molecule has 0 radical (unpaired) electrons. The minimum absolute atomic E-state index is 0.0488. The maximum Gasteiger partial charge on any atom is 0.303 e. The summed E-state index contributed by atoms with van der Waals surface area (Å²) in [6.07, 6.45) is 4.31. The quantitative estimate of drug-likeness (QED) is 0.504. The molecule has 0 amide bonds. The number of rotatable bonds is 5. The van der Waals surface area contributed by atoms with Gasteiger partial charge in [0.1, 0.15) is 17.7 Å². The number of carbonyl (C=O) groups is 1. The fourth-order valence-corrected chi connectivity index (χ4v) is 6.45. The first kappa shape index (κ1) is 25.1. The van der Waals surface area contributed by atoms with Gasteiger partial charge in [0.05, 0.1) is 11.3 Å². The minimum Gasteiger partial charge on any atom is -0.458 e. The van der Waals surface area contributed by atoms with Crippen molar-refractivity contribution in [3.05, 3.63) is 41.5 Å². The van der Waals surface area contributed by atoms with Crippen LogP contribution in [0, 0.1) is 35.3 Å². The van der Waals surface area contributed by atoms with Gasteiger partial charge in [-0.3, -0.25) is 9.69 Å². The molecule has 1 saturated carbocycles. The Morgan fingerprint density at radius 2 is 1.94 bits per heavy atom. The van der Waals surface area contributed by atoms with E-state index in [2.05, 4.69) is 24.8 Å². The molecule has 0 aromatic heterocycles. The minimum atomic E-state index is -0.865. The molecule has 188 valence electrons. The van der Waals surface area contributed by atoms with E-state index < -0.39 is 17.2 Å². The second-order valence-electron chi connectivity index (χ2n) is 10.7. The molecule has 1 aliphatic heterocycles. The highest BCUT2D eigenvalue weighted by Crippen LogP contribution is 2.51. The summed E-state index contributed by atoms with van der Waals surface area (Å²) in [5.41, 5.74) is 0.631. The monoisotopic (exact) mass is 476 g/mol. The fraction of sp³-hybridized carbons (Fsp3) is 0.667. The predicted molar refractivity (Wildman–Crippen MR) is 128 cm³/mol. The van der Waals surface area contributed by atoms with Crippen LogP contribution in [0.1, 0.15) is 47.0 Å². The highest BCUT2D eigenvalue weighted by atomic mass is 19.1. The lowest BCUT2D eigenvalue weighted by Crippen LogP contribution is -2.56. The maximum absolute atomic E-state index is 14.2. The number of anilines is 1. The molecule has 1 aromatic carbocycles. The average Bonchev–Trinajstić information content (AvgIpc) is 2.76. The fourth-order valence-electron chi connectivity index (χ4n) is 6.45. The topological polar surface area (TPSA) is 53.0 Å². The van der Waals surface area contributed by atoms with Gasteiger partial charge in [0.25, 0.3) is 0 Å². The zero-order valence-electron chi connectivity index (χ0n) is 20.8. The SMILES string of the molecule is CC(=O)O[C@@H]1C[C@@]2(O)[C@H](C)CC[C@@H]([C@H](C)CN3CCN(c4ccc(F)cc4F)CC3)[C@H]2C=C1C. The van der Waals surface area contributed by atoms with Crippen LogP contribution in [0.5, 0.6) is 0 Å². The number of esters is 1. The number of aliphatic hydroxyl groups is 1. The van der Waals surface area contributed by atoms with E-state index in [4.69, 9.17) is 4.74 Å². The zero-order chi connectivity index (χ0) is 24.6. The second kappa shape index (κ2) is 9.94. The van der Waals surface area contributed by atoms with E-state index in [1.165, 1.54) is 19.1 Å². The van der Waals surface area contributed by atoms with E-state index in [0.717, 1.165) is 44.1 Å². The summed E-state index contributed by atoms with van der Waals surface area (Å²) >= 11 is 0. The van der Waals surface area contributed by atoms with Gasteiger partial charge in [0.2, 0.25) is 0 Å². The van der Waals surface area contributed by atoms with Gasteiger partial charge in [-0.05, 0) is 55.2 Å². The van der Waals surface area contributed by atoms with Crippen LogP contribution in [0.3, 0.4) is 0 Å². The molecule has 0 unspecified atom stereocenters. The Hall–Kier alpha value is -1.99. The van der Waals surface area contributed by atoms with Crippen molar-refractivity contribution < 1.29 is 23.4 Å². The van der Waals surface area contributed by atoms with E-state index in [1.54, 1.807) is 0 Å². The van der Waals surface area contributed by atoms with Crippen molar-refractivity contribution in [2.24, 2.45) is 23.7 Å². The van der Waals surface area contributed by atoms with Gasteiger partial charge in [-0.1, -0.05) is 19.9 Å². The average molecular weight is 477 g/mol. The largest absolute Gasteiger partial charge is 0.458 e. The van der Waals surface area contributed by atoms with Crippen LogP contribution in [-0.2, 0) is 9.53 Å². The predicted octanol–water partition coefficient (Wildman–Crippen LogP) is 4.40. The van der Waals surface area contributed by atoms with Crippen molar-refractivity contribution >= 4 is 11.7 Å². The lowest BCUT2D eigenvalue weighted by molar-refractivity contribution is -0.159. The van der Waals surface area contributed by atoms with Crippen molar-refractivity contribution in [2.75, 3.05) is 37.6 Å². The number of hydrogen-bond acceptors (Lipinski definition) is 5. The molecule has 0 bridgehead atoms. The third-order valence-electron chi connectivity index (χ3n) is 8.50. The lowest BCUT2D eigenvalue weighted by atomic mass is 9.57. The molecule has 3 aliphatic rings. The summed E-state index contributed by atoms with van der Waals surface area (Å²) in [6, 6.07) is 3.78. The Morgan fingerprint density at radius 3 is 2.59 bits per heavy atom. The Kier molecular flexibility index (Phi) is 7.34. The van der Waals surface area contributed by atoms with E-state index in [0.29, 0.717) is 37.0 Å². The summed E-state index contributed by atoms with van der Waals surface area (Å²) in [4.78, 5) is 16.0. The molecule has 4 rings (SSSR count). The van der Waals surface area contributed by atoms with Crippen molar-refractivity contribution in [1.82, 2.24) is 4.90 Å². The molecular weight excluding hydrogens is 438 g/mol. The molecule has 1 aromatic rings. The Morgan fingerprint density at radius 1 is 1.24 bits per heavy atom. The van der Waals surface area contributed by atoms with E-state index in [1.807, 2.05) is 11.8 Å². The first-order valence-electron chi connectivity index (χ1n) is 12.6. The number of halogens is 2. The summed E-state index contributed by atoms with van der Waals surface area (Å²) in [6.45, 7) is 11.8. The number of nitrogens with zero attached hydrogens (tertiary/aromatic N) is 2. The Labute approximate surface area is 201 Å². The normalized spacial score (nSPS) is 33.1. The number of piperazine rings is 1. The molecule has 5 nitrogen and oxygen atoms in total. The Balaban J connectivity index is 1.41. The number of carbonyl (C=O) groups excluding carboxylic acids is 1. The van der Waals surface area contributed by atoms with Crippen LogP contribution in [0.25, 0.3) is 0 Å². The summed E-state index contributed by atoms with van der Waals surface area (Å²) in [5.74, 6) is -0.446. The maximum atomic E-state index is 14.2. The summed E-state index contributed by atoms with van der Waals surface area (Å²) in [5, 5.41) is 11.8. The van der Waals surface area contributed by atoms with Gasteiger partial charge in [-0.15, -0.1) is 0 Å². The van der Waals surface area contributed by atoms with Crippen molar-refractivity contribution in [3.8, 4) is 0 Å². The third kappa shape index (κ3) is 5.01. The van der Waals surface area contributed by atoms with E-state index in [9.17, 15) is 18.7 Å². The van der Waals surface area contributed by atoms with Gasteiger partial charge in [-0.25, -0.2) is 8.78 Å². The van der Waals surface area contributed by atoms with Gasteiger partial charge in [0, 0.05) is 58.1 Å². The van der Waals surface area contributed by atoms with Crippen LogP contribution in [0.15, 0.2) is 29.8 Å². The molecule has 7 heteroatoms. The van der Waals surface area contributed by atoms with Gasteiger partial charge >= 0.3 is 5.97 Å². The van der Waals surface area contributed by atoms with Gasteiger partial charge < -0.3 is 14.7 Å². The number of benzene rings is 1. The first-order chi connectivity index (χ1) is 16.1. The number of fused-ring (bicyclic) bond motifs is 1. The van der Waals surface area contributed by atoms with Crippen LogP contribution in [0.2, 0.25) is 0 Å². The molecule has 1 heterocycles. The van der Waals surface area contributed by atoms with Crippen molar-refractivity contribution in [1.29, 1.82) is 0 Å². The molecule has 6 atom stereocenters. The van der Waals surface area contributed by atoms with E-state index in [-0.39, 0.29) is 23.9 Å². The van der Waals surface area contributed by atoms with Gasteiger partial charge in [-0.2, -0.15) is 0 Å². The standard InChI is InChI=1S/C27H38F2N2O3/c1-17-13-23-22(7-5-19(3)27(23,33)15-26(17)34-20(4)32)18(2)16-30-9-11-31(12-10-30)25-8-6-21(28)14-24(25)29/h6,8,13-14,18-19,22-23,26,33H,5,7,9-12,15-16H2,1-4H3/t18-,19-,22+,23-,26-,27-/m1/s1. The highest BCUT2D eigenvalue weighted by molar-refractivity contribution is 5.66. The van der Waals surface area contributed by atoms with Crippen LogP contribution in [0.4, 0.5) is 14.5 Å². The van der Waals surface area contributed by atoms with Crippen molar-refractivity contribution in [2.45, 2.75) is 58.7 Å². The molecule has 1 N–H and O–H groups in total. The zero-order valence-corrected chi connectivity index (χ0v) is 20.8. The summed E-state index contributed by atoms with van der Waals surface area (Å²) in [7, 11) is 0. The van der Waals surface area contributed by atoms with Crippen LogP contribution >= 0.6 is 0 Å². The second-order valence-corrected chi connectivity index (χ2v) is 10.7. The molecule has 2 fully saturated rings. The van der Waals surface area contributed by atoms with Crippen LogP contribution < -0.4 is 4.90 Å². The Bertz CT molecular complexity index is 930. The number of hydrogen-bond donors (Lipinski definition) is 1. The molecule has 34 heavy (non-hydrogen) atoms. The van der Waals surface area contributed by atoms with Crippen molar-refractivity contribution in [3.63, 3.8) is 0 Å².